The van der Waals surface area contributed by atoms with E-state index in [2.05, 4.69) is 17.6 Å². The van der Waals surface area contributed by atoms with Gasteiger partial charge in [0.05, 0.1) is 13.2 Å². The van der Waals surface area contributed by atoms with Crippen molar-refractivity contribution >= 4 is 11.8 Å². The average molecular weight is 274 g/mol. The molecule has 0 bridgehead atoms. The Morgan fingerprint density at radius 2 is 1.84 bits per heavy atom. The molecule has 0 heterocycles. The Hall–Kier alpha value is -1.14. The molecule has 0 aliphatic rings. The molecule has 0 rings (SSSR count). The first-order chi connectivity index (χ1) is 8.85. The summed E-state index contributed by atoms with van der Waals surface area (Å²) in [6, 6.07) is 0. The van der Waals surface area contributed by atoms with Crippen LogP contribution in [0.3, 0.4) is 0 Å². The maximum absolute atomic E-state index is 11.6. The summed E-state index contributed by atoms with van der Waals surface area (Å²) in [6.45, 7) is 5.33. The fourth-order valence-corrected chi connectivity index (χ4v) is 1.37. The van der Waals surface area contributed by atoms with Gasteiger partial charge in [0.2, 0.25) is 11.8 Å². The first-order valence-corrected chi connectivity index (χ1v) is 6.68. The number of carbonyl (C=O) groups excluding carboxylic acids is 2. The number of carbonyl (C=O) groups is 2. The molecule has 0 aliphatic heterocycles. The van der Waals surface area contributed by atoms with E-state index in [1.807, 2.05) is 0 Å². The van der Waals surface area contributed by atoms with Crippen LogP contribution in [-0.4, -0.2) is 47.8 Å². The molecular weight excluding hydrogens is 248 g/mol. The van der Waals surface area contributed by atoms with Crippen molar-refractivity contribution in [1.82, 2.24) is 10.6 Å². The summed E-state index contributed by atoms with van der Waals surface area (Å²) in [5.41, 5.74) is -0.929. The highest BCUT2D eigenvalue weighted by Gasteiger charge is 2.32. The minimum Gasteiger partial charge on any atom is -0.396 e. The lowest BCUT2D eigenvalue weighted by molar-refractivity contribution is -0.138. The highest BCUT2D eigenvalue weighted by Crippen LogP contribution is 2.19. The first-order valence-electron chi connectivity index (χ1n) is 6.68. The van der Waals surface area contributed by atoms with Gasteiger partial charge in [0.15, 0.2) is 0 Å². The van der Waals surface area contributed by atoms with Crippen LogP contribution in [0, 0.1) is 5.41 Å². The molecule has 0 aromatic rings. The summed E-state index contributed by atoms with van der Waals surface area (Å²) < 4.78 is 0. The summed E-state index contributed by atoms with van der Waals surface area (Å²) in [6.07, 6.45) is 1.70. The van der Waals surface area contributed by atoms with E-state index in [9.17, 15) is 14.7 Å². The van der Waals surface area contributed by atoms with E-state index < -0.39 is 17.4 Å². The smallest absolute Gasteiger partial charge is 0.249 e. The molecule has 112 valence electrons. The van der Waals surface area contributed by atoms with Gasteiger partial charge in [-0.2, -0.15) is 0 Å². The molecule has 0 aromatic heterocycles. The first kappa shape index (κ1) is 17.9. The lowest BCUT2D eigenvalue weighted by Crippen LogP contribution is -2.48. The maximum Gasteiger partial charge on any atom is 0.249 e. The number of rotatable bonds is 9. The number of unbranched alkanes of at least 4 members (excludes halogenated alkanes) is 2. The van der Waals surface area contributed by atoms with Gasteiger partial charge in [-0.3, -0.25) is 9.59 Å². The molecule has 0 saturated heterocycles. The Bertz CT molecular complexity index is 292. The second-order valence-corrected chi connectivity index (χ2v) is 5.32. The van der Waals surface area contributed by atoms with Crippen molar-refractivity contribution in [1.29, 1.82) is 0 Å². The molecule has 1 atom stereocenters. The monoisotopic (exact) mass is 274 g/mol. The lowest BCUT2D eigenvalue weighted by Gasteiger charge is -2.26. The van der Waals surface area contributed by atoms with Crippen LogP contribution in [0.2, 0.25) is 0 Å². The molecule has 0 saturated carbocycles. The predicted octanol–water partition coefficient (Wildman–Crippen LogP) is -0.212. The normalized spacial score (nSPS) is 12.9. The maximum atomic E-state index is 11.6. The SMILES string of the molecule is CCCCCNC(=O)CNC(=O)[C@H](O)C(C)(C)CO. The van der Waals surface area contributed by atoms with Gasteiger partial charge in [-0.25, -0.2) is 0 Å². The number of amides is 2. The molecule has 6 nitrogen and oxygen atoms in total. The van der Waals surface area contributed by atoms with Crippen LogP contribution in [0.25, 0.3) is 0 Å². The molecule has 0 radical (unpaired) electrons. The van der Waals surface area contributed by atoms with Gasteiger partial charge < -0.3 is 20.8 Å². The number of hydrogen-bond acceptors (Lipinski definition) is 4. The summed E-state index contributed by atoms with van der Waals surface area (Å²) in [5.74, 6) is -0.929. The van der Waals surface area contributed by atoms with Gasteiger partial charge in [-0.05, 0) is 6.42 Å². The number of aliphatic hydroxyl groups excluding tert-OH is 2. The molecule has 19 heavy (non-hydrogen) atoms. The van der Waals surface area contributed by atoms with Gasteiger partial charge >= 0.3 is 0 Å². The fourth-order valence-electron chi connectivity index (χ4n) is 1.37. The van der Waals surface area contributed by atoms with Gasteiger partial charge in [0.25, 0.3) is 0 Å². The lowest BCUT2D eigenvalue weighted by atomic mass is 9.87. The minimum absolute atomic E-state index is 0.163. The Kier molecular flexibility index (Phi) is 8.34. The summed E-state index contributed by atoms with van der Waals surface area (Å²) in [7, 11) is 0. The van der Waals surface area contributed by atoms with Crippen molar-refractivity contribution in [3.8, 4) is 0 Å². The molecule has 4 N–H and O–H groups in total. The molecule has 0 spiro atoms. The van der Waals surface area contributed by atoms with Crippen LogP contribution < -0.4 is 10.6 Å². The minimum atomic E-state index is -1.34. The van der Waals surface area contributed by atoms with Gasteiger partial charge in [0, 0.05) is 12.0 Å². The predicted molar refractivity (Wildman–Crippen MR) is 72.4 cm³/mol. The van der Waals surface area contributed by atoms with Crippen LogP contribution in [0.15, 0.2) is 0 Å². The van der Waals surface area contributed by atoms with E-state index in [-0.39, 0.29) is 19.1 Å². The second kappa shape index (κ2) is 8.87. The van der Waals surface area contributed by atoms with Crippen molar-refractivity contribution in [3.05, 3.63) is 0 Å². The van der Waals surface area contributed by atoms with Crippen LogP contribution in [0.1, 0.15) is 40.0 Å². The van der Waals surface area contributed by atoms with Crippen LogP contribution >= 0.6 is 0 Å². The Morgan fingerprint density at radius 3 is 2.37 bits per heavy atom. The van der Waals surface area contributed by atoms with E-state index in [1.54, 1.807) is 13.8 Å². The van der Waals surface area contributed by atoms with E-state index in [0.29, 0.717) is 6.54 Å². The van der Waals surface area contributed by atoms with Crippen LogP contribution in [0.5, 0.6) is 0 Å². The zero-order valence-electron chi connectivity index (χ0n) is 12.0. The Labute approximate surface area is 114 Å². The molecule has 0 aromatic carbocycles. The Morgan fingerprint density at radius 1 is 1.21 bits per heavy atom. The molecule has 2 amide bonds. The molecule has 0 fully saturated rings. The zero-order chi connectivity index (χ0) is 14.9. The van der Waals surface area contributed by atoms with E-state index in [4.69, 9.17) is 5.11 Å². The molecule has 0 aliphatic carbocycles. The van der Waals surface area contributed by atoms with Crippen LogP contribution in [0.4, 0.5) is 0 Å². The van der Waals surface area contributed by atoms with Crippen molar-refractivity contribution in [2.45, 2.75) is 46.1 Å². The van der Waals surface area contributed by atoms with E-state index >= 15 is 0 Å². The van der Waals surface area contributed by atoms with Crippen molar-refractivity contribution in [2.24, 2.45) is 5.41 Å². The quantitative estimate of drug-likeness (QED) is 0.437. The molecule has 6 heteroatoms. The van der Waals surface area contributed by atoms with Gasteiger partial charge in [-0.15, -0.1) is 0 Å². The highest BCUT2D eigenvalue weighted by molar-refractivity contribution is 5.87. The average Bonchev–Trinajstić information content (AvgIpc) is 2.40. The molecular formula is C13H26N2O4. The van der Waals surface area contributed by atoms with Gasteiger partial charge in [-0.1, -0.05) is 33.6 Å². The van der Waals surface area contributed by atoms with Crippen molar-refractivity contribution < 1.29 is 19.8 Å². The topological polar surface area (TPSA) is 98.7 Å². The number of nitrogens with one attached hydrogen (secondary N) is 2. The zero-order valence-corrected chi connectivity index (χ0v) is 12.0. The third-order valence-electron chi connectivity index (χ3n) is 2.92. The molecule has 0 unspecified atom stereocenters. The largest absolute Gasteiger partial charge is 0.396 e. The Balaban J connectivity index is 3.93. The van der Waals surface area contributed by atoms with Crippen molar-refractivity contribution in [3.63, 3.8) is 0 Å². The highest BCUT2D eigenvalue weighted by atomic mass is 16.3. The van der Waals surface area contributed by atoms with E-state index in [0.717, 1.165) is 19.3 Å². The van der Waals surface area contributed by atoms with Crippen molar-refractivity contribution in [2.75, 3.05) is 19.7 Å². The third kappa shape index (κ3) is 7.12. The summed E-state index contributed by atoms with van der Waals surface area (Å²) in [5, 5.41) is 23.8. The fraction of sp³-hybridized carbons (Fsp3) is 0.846. The standard InChI is InChI=1S/C13H26N2O4/c1-4-5-6-7-14-10(17)8-15-12(19)11(18)13(2,3)9-16/h11,16,18H,4-9H2,1-3H3,(H,14,17)(H,15,19)/t11-/m0/s1. The number of hydrogen-bond donors (Lipinski definition) is 4. The second-order valence-electron chi connectivity index (χ2n) is 5.32. The van der Waals surface area contributed by atoms with Crippen LogP contribution in [-0.2, 0) is 9.59 Å². The van der Waals surface area contributed by atoms with Gasteiger partial charge in [0.1, 0.15) is 6.10 Å². The number of aliphatic hydroxyl groups is 2. The third-order valence-corrected chi connectivity index (χ3v) is 2.92. The van der Waals surface area contributed by atoms with E-state index in [1.165, 1.54) is 0 Å². The summed E-state index contributed by atoms with van der Waals surface area (Å²) >= 11 is 0. The summed E-state index contributed by atoms with van der Waals surface area (Å²) in [4.78, 5) is 23.0.